The fourth-order valence-corrected chi connectivity index (χ4v) is 5.56. The van der Waals surface area contributed by atoms with Crippen LogP contribution in [0.1, 0.15) is 62.7 Å². The van der Waals surface area contributed by atoms with Crippen molar-refractivity contribution in [3.8, 4) is 17.2 Å². The second-order valence-corrected chi connectivity index (χ2v) is 10.0. The van der Waals surface area contributed by atoms with Crippen molar-refractivity contribution in [1.29, 1.82) is 0 Å². The highest BCUT2D eigenvalue weighted by Gasteiger charge is 2.46. The number of rotatable bonds is 5. The molecule has 0 spiro atoms. The van der Waals surface area contributed by atoms with Crippen LogP contribution >= 0.6 is 0 Å². The molecule has 1 heterocycles. The largest absolute Gasteiger partial charge is 0.507 e. The van der Waals surface area contributed by atoms with Gasteiger partial charge in [-0.3, -0.25) is 14.4 Å². The molecule has 38 heavy (non-hydrogen) atoms. The lowest BCUT2D eigenvalue weighted by Gasteiger charge is -2.37. The third-order valence-corrected chi connectivity index (χ3v) is 7.76. The van der Waals surface area contributed by atoms with E-state index in [1.165, 1.54) is 25.3 Å². The Kier molecular flexibility index (Phi) is 6.52. The Balaban J connectivity index is 1.43. The molecule has 1 saturated heterocycles. The van der Waals surface area contributed by atoms with Crippen molar-refractivity contribution in [2.45, 2.75) is 62.7 Å². The topological polar surface area (TPSA) is 186 Å². The molecule has 0 unspecified atom stereocenters. The van der Waals surface area contributed by atoms with Crippen molar-refractivity contribution in [3.63, 3.8) is 0 Å². The Hall–Kier alpha value is -3.35. The molecule has 1 fully saturated rings. The summed E-state index contributed by atoms with van der Waals surface area (Å²) in [6.07, 6.45) is -2.72. The van der Waals surface area contributed by atoms with E-state index in [0.717, 1.165) is 0 Å². The van der Waals surface area contributed by atoms with Gasteiger partial charge in [0.15, 0.2) is 17.9 Å². The molecule has 5 atom stereocenters. The predicted molar refractivity (Wildman–Crippen MR) is 130 cm³/mol. The lowest BCUT2D eigenvalue weighted by Crippen LogP contribution is -2.52. The van der Waals surface area contributed by atoms with Crippen LogP contribution in [0.5, 0.6) is 17.2 Å². The smallest absolute Gasteiger partial charge is 0.202 e. The molecule has 11 nitrogen and oxygen atoms in total. The molecule has 0 saturated carbocycles. The van der Waals surface area contributed by atoms with Crippen LogP contribution in [0.4, 0.5) is 0 Å². The number of aromatic hydroxyl groups is 2. The van der Waals surface area contributed by atoms with Crippen molar-refractivity contribution in [3.05, 3.63) is 51.6 Å². The first-order valence-corrected chi connectivity index (χ1v) is 12.3. The number of carbonyl (C=O) groups excluding carboxylic acids is 3. The Morgan fingerprint density at radius 1 is 1.13 bits per heavy atom. The van der Waals surface area contributed by atoms with Crippen LogP contribution in [0.25, 0.3) is 0 Å². The Morgan fingerprint density at radius 2 is 1.82 bits per heavy atom. The average Bonchev–Trinajstić information content (AvgIpc) is 2.90. The number of fused-ring (bicyclic) bond motifs is 3. The number of benzene rings is 2. The van der Waals surface area contributed by atoms with E-state index in [2.05, 4.69) is 0 Å². The zero-order valence-electron chi connectivity index (χ0n) is 20.9. The van der Waals surface area contributed by atoms with Crippen molar-refractivity contribution in [1.82, 2.24) is 0 Å². The number of nitrogens with two attached hydrogens (primary N) is 1. The van der Waals surface area contributed by atoms with Crippen molar-refractivity contribution >= 4 is 17.3 Å². The highest BCUT2D eigenvalue weighted by atomic mass is 16.7. The first kappa shape index (κ1) is 26.3. The van der Waals surface area contributed by atoms with E-state index in [1.807, 2.05) is 0 Å². The number of aliphatic hydroxyl groups is 2. The first-order valence-electron chi connectivity index (χ1n) is 12.3. The molecule has 11 heteroatoms. The molecule has 2 aliphatic carbocycles. The number of phenolic OH excluding ortho intramolecular Hbond substituents is 2. The lowest BCUT2D eigenvalue weighted by atomic mass is 9.73. The van der Waals surface area contributed by atoms with Gasteiger partial charge in [-0.15, -0.1) is 0 Å². The van der Waals surface area contributed by atoms with Crippen LogP contribution < -0.4 is 10.5 Å². The molecule has 2 aromatic carbocycles. The molecule has 1 aliphatic heterocycles. The summed E-state index contributed by atoms with van der Waals surface area (Å²) in [5.41, 5.74) is 3.42. The molecule has 202 valence electrons. The summed E-state index contributed by atoms with van der Waals surface area (Å²) in [7, 11) is 1.35. The molecule has 3 aliphatic rings. The van der Waals surface area contributed by atoms with E-state index in [-0.39, 0.29) is 58.4 Å². The molecule has 6 N–H and O–H groups in total. The Bertz CT molecular complexity index is 1340. The minimum atomic E-state index is -1.96. The third-order valence-electron chi connectivity index (χ3n) is 7.76. The fourth-order valence-electron chi connectivity index (χ4n) is 5.56. The van der Waals surface area contributed by atoms with Crippen LogP contribution in [0.15, 0.2) is 18.2 Å². The van der Waals surface area contributed by atoms with E-state index in [1.54, 1.807) is 6.92 Å². The molecule has 0 amide bonds. The van der Waals surface area contributed by atoms with Gasteiger partial charge >= 0.3 is 0 Å². The SMILES string of the molecule is COc1cccc2c1C(=O)c1c(O)c3c(c(O)c1C2=O)C[C@@](O)(C(=O)CO[C@@H]1C[C@H](N)[C@H](O)[C@H](C)O1)CC3. The Morgan fingerprint density at radius 3 is 2.50 bits per heavy atom. The van der Waals surface area contributed by atoms with Gasteiger partial charge in [0.05, 0.1) is 36.0 Å². The number of carbonyl (C=O) groups is 3. The quantitative estimate of drug-likeness (QED) is 0.291. The van der Waals surface area contributed by atoms with Crippen LogP contribution in [0.3, 0.4) is 0 Å². The molecular weight excluding hydrogens is 498 g/mol. The van der Waals surface area contributed by atoms with Gasteiger partial charge in [-0.25, -0.2) is 0 Å². The lowest BCUT2D eigenvalue weighted by molar-refractivity contribution is -0.223. The average molecular weight is 528 g/mol. The van der Waals surface area contributed by atoms with Crippen LogP contribution in [-0.4, -0.2) is 81.6 Å². The van der Waals surface area contributed by atoms with E-state index < -0.39 is 72.0 Å². The van der Waals surface area contributed by atoms with Gasteiger partial charge in [0.1, 0.15) is 29.5 Å². The molecular formula is C27H29NO10. The number of phenols is 2. The summed E-state index contributed by atoms with van der Waals surface area (Å²) in [6, 6.07) is 3.88. The van der Waals surface area contributed by atoms with Gasteiger partial charge in [0.2, 0.25) is 5.78 Å². The minimum Gasteiger partial charge on any atom is -0.507 e. The molecule has 0 aromatic heterocycles. The number of ether oxygens (including phenoxy) is 3. The number of hydrogen-bond donors (Lipinski definition) is 5. The van der Waals surface area contributed by atoms with Crippen molar-refractivity contribution in [2.24, 2.45) is 5.73 Å². The zero-order chi connectivity index (χ0) is 27.5. The van der Waals surface area contributed by atoms with Crippen LogP contribution in [-0.2, 0) is 27.1 Å². The van der Waals surface area contributed by atoms with Gasteiger partial charge in [-0.1, -0.05) is 12.1 Å². The second-order valence-electron chi connectivity index (χ2n) is 10.0. The molecule has 0 bridgehead atoms. The second kappa shape index (κ2) is 9.44. The summed E-state index contributed by atoms with van der Waals surface area (Å²) in [5, 5.41) is 43.4. The number of ketones is 3. The summed E-state index contributed by atoms with van der Waals surface area (Å²) >= 11 is 0. The maximum Gasteiger partial charge on any atom is 0.202 e. The van der Waals surface area contributed by atoms with Gasteiger partial charge in [0.25, 0.3) is 0 Å². The highest BCUT2D eigenvalue weighted by molar-refractivity contribution is 6.31. The maximum absolute atomic E-state index is 13.4. The van der Waals surface area contributed by atoms with Crippen LogP contribution in [0, 0.1) is 0 Å². The van der Waals surface area contributed by atoms with E-state index in [4.69, 9.17) is 19.9 Å². The molecule has 0 radical (unpaired) electrons. The molecule has 2 aromatic rings. The number of Topliss-reactive ketones (excluding diaryl/α,β-unsaturated/α-hetero) is 1. The summed E-state index contributed by atoms with van der Waals surface area (Å²) in [6.45, 7) is 1.11. The van der Waals surface area contributed by atoms with Gasteiger partial charge in [-0.05, 0) is 25.8 Å². The summed E-state index contributed by atoms with van der Waals surface area (Å²) in [4.78, 5) is 39.8. The summed E-state index contributed by atoms with van der Waals surface area (Å²) in [5.74, 6) is -2.91. The van der Waals surface area contributed by atoms with E-state index in [0.29, 0.717) is 0 Å². The normalized spacial score (nSPS) is 28.3. The predicted octanol–water partition coefficient (Wildman–Crippen LogP) is 0.510. The number of aliphatic hydroxyl groups excluding tert-OH is 1. The highest BCUT2D eigenvalue weighted by Crippen LogP contribution is 2.48. The zero-order valence-corrected chi connectivity index (χ0v) is 20.9. The standard InChI is InChI=1S/C27H29NO10/c1-11-22(30)15(28)8-18(38-11)37-10-17(29)27(35)7-6-12-14(9-27)25(33)20-21(23(12)31)26(34)19-13(24(20)32)4-3-5-16(19)36-2/h3-5,11,15,18,22,30-31,33,35H,6-10,28H2,1-2H3/t11-,15-,18-,22+,27+/m0/s1. The van der Waals surface area contributed by atoms with E-state index >= 15 is 0 Å². The Labute approximate surface area is 217 Å². The van der Waals surface area contributed by atoms with Crippen LogP contribution in [0.2, 0.25) is 0 Å². The minimum absolute atomic E-state index is 0.00622. The van der Waals surface area contributed by atoms with Gasteiger partial charge < -0.3 is 40.4 Å². The monoisotopic (exact) mass is 527 g/mol. The van der Waals surface area contributed by atoms with Crippen molar-refractivity contribution in [2.75, 3.05) is 13.7 Å². The first-order chi connectivity index (χ1) is 18.0. The maximum atomic E-state index is 13.4. The summed E-state index contributed by atoms with van der Waals surface area (Å²) < 4.78 is 16.3. The van der Waals surface area contributed by atoms with E-state index in [9.17, 15) is 34.8 Å². The van der Waals surface area contributed by atoms with Gasteiger partial charge in [0, 0.05) is 35.6 Å². The molecule has 5 rings (SSSR count). The van der Waals surface area contributed by atoms with Gasteiger partial charge in [-0.2, -0.15) is 0 Å². The van der Waals surface area contributed by atoms with Crippen molar-refractivity contribution < 1.29 is 49.0 Å². The third kappa shape index (κ3) is 3.98. The number of hydrogen-bond acceptors (Lipinski definition) is 11. The fraction of sp³-hybridized carbons (Fsp3) is 0.444. The number of methoxy groups -OCH3 is 1.